The van der Waals surface area contributed by atoms with Gasteiger partial charge in [-0.2, -0.15) is 0 Å². The van der Waals surface area contributed by atoms with Crippen LogP contribution < -0.4 is 19.1 Å². The Labute approximate surface area is 279 Å². The molecule has 9 nitrogen and oxygen atoms in total. The predicted octanol–water partition coefficient (Wildman–Crippen LogP) is 5.98. The summed E-state index contributed by atoms with van der Waals surface area (Å²) in [4.78, 5) is 29.3. The molecule has 0 heterocycles. The lowest BCUT2D eigenvalue weighted by Crippen LogP contribution is -2.53. The quantitative estimate of drug-likeness (QED) is 0.175. The number of para-hydroxylation sites is 1. The molecule has 0 saturated carbocycles. The molecular weight excluding hydrogens is 649 g/mol. The lowest BCUT2D eigenvalue weighted by Gasteiger charge is -2.34. The molecule has 0 aliphatic heterocycles. The molecule has 12 heteroatoms. The van der Waals surface area contributed by atoms with Crippen LogP contribution in [0.15, 0.2) is 102 Å². The van der Waals surface area contributed by atoms with Crippen molar-refractivity contribution >= 4 is 50.7 Å². The lowest BCUT2D eigenvalue weighted by atomic mass is 10.0. The predicted molar refractivity (Wildman–Crippen MR) is 180 cm³/mol. The van der Waals surface area contributed by atoms with Gasteiger partial charge in [-0.05, 0) is 54.4 Å². The van der Waals surface area contributed by atoms with Gasteiger partial charge in [0.2, 0.25) is 11.8 Å². The fraction of sp³-hybridized carbons (Fsp3) is 0.235. The van der Waals surface area contributed by atoms with Crippen LogP contribution in [-0.2, 0) is 32.6 Å². The number of ether oxygens (including phenoxy) is 2. The van der Waals surface area contributed by atoms with E-state index < -0.39 is 28.5 Å². The van der Waals surface area contributed by atoms with Crippen LogP contribution >= 0.6 is 23.2 Å². The molecular formula is C34H35Cl2N3O6S. The second-order valence-corrected chi connectivity index (χ2v) is 12.9. The van der Waals surface area contributed by atoms with Crippen LogP contribution in [0.2, 0.25) is 10.0 Å². The zero-order chi connectivity index (χ0) is 33.3. The number of carbonyl (C=O) groups excluding carboxylic acids is 2. The summed E-state index contributed by atoms with van der Waals surface area (Å²) in [6, 6.07) is 25.8. The Morgan fingerprint density at radius 1 is 0.804 bits per heavy atom. The van der Waals surface area contributed by atoms with Gasteiger partial charge in [0, 0.05) is 25.6 Å². The van der Waals surface area contributed by atoms with E-state index in [0.29, 0.717) is 22.9 Å². The van der Waals surface area contributed by atoms with Crippen molar-refractivity contribution in [3.8, 4) is 11.5 Å². The number of amides is 2. The first-order valence-electron chi connectivity index (χ1n) is 14.4. The molecule has 1 N–H and O–H groups in total. The van der Waals surface area contributed by atoms with Crippen LogP contribution in [0.5, 0.6) is 11.5 Å². The number of anilines is 1. The normalized spacial score (nSPS) is 11.8. The average Bonchev–Trinajstić information content (AvgIpc) is 3.07. The molecule has 0 aliphatic rings. The number of hydrogen-bond donors (Lipinski definition) is 1. The zero-order valence-corrected chi connectivity index (χ0v) is 28.0. The van der Waals surface area contributed by atoms with Gasteiger partial charge in [0.05, 0.1) is 34.8 Å². The Kier molecular flexibility index (Phi) is 11.9. The van der Waals surface area contributed by atoms with Crippen LogP contribution in [0.1, 0.15) is 18.1 Å². The van der Waals surface area contributed by atoms with Crippen LogP contribution in [0.4, 0.5) is 5.69 Å². The molecule has 0 aromatic heterocycles. The van der Waals surface area contributed by atoms with Gasteiger partial charge in [-0.25, -0.2) is 8.42 Å². The Morgan fingerprint density at radius 2 is 1.46 bits per heavy atom. The maximum atomic E-state index is 14.5. The number of likely N-dealkylation sites (N-methyl/N-ethyl adjacent to an activating group) is 1. The van der Waals surface area contributed by atoms with Crippen molar-refractivity contribution < 1.29 is 27.5 Å². The first kappa shape index (κ1) is 34.6. The molecule has 1 unspecified atom stereocenters. The second-order valence-electron chi connectivity index (χ2n) is 10.2. The molecule has 4 aromatic rings. The van der Waals surface area contributed by atoms with E-state index in [0.717, 1.165) is 9.87 Å². The maximum absolute atomic E-state index is 14.5. The molecule has 4 rings (SSSR count). The standard InChI is InChI=1S/C34H35Cl2N3O6S/c1-4-37-34(41)30(20-24-11-7-5-8-12-24)38(22-25-15-17-28(35)29(36)19-25)33(40)23-39(26-13-9-6-10-14-26)46(42,43)27-16-18-31(44-2)32(21-27)45-3/h5-19,21,30H,4,20,22-23H2,1-3H3,(H,37,41). The summed E-state index contributed by atoms with van der Waals surface area (Å²) in [6.07, 6.45) is 0.188. The van der Waals surface area contributed by atoms with E-state index in [1.54, 1.807) is 55.5 Å². The Bertz CT molecular complexity index is 1760. The highest BCUT2D eigenvalue weighted by Gasteiger charge is 2.35. The van der Waals surface area contributed by atoms with Gasteiger partial charge in [-0.15, -0.1) is 0 Å². The highest BCUT2D eigenvalue weighted by Crippen LogP contribution is 2.32. The van der Waals surface area contributed by atoms with Crippen LogP contribution in [0.3, 0.4) is 0 Å². The maximum Gasteiger partial charge on any atom is 0.264 e. The number of rotatable bonds is 14. The zero-order valence-electron chi connectivity index (χ0n) is 25.7. The summed E-state index contributed by atoms with van der Waals surface area (Å²) in [5.41, 5.74) is 1.69. The third-order valence-corrected chi connectivity index (χ3v) is 9.73. The minimum atomic E-state index is -4.33. The van der Waals surface area contributed by atoms with Crippen molar-refractivity contribution in [1.82, 2.24) is 10.2 Å². The molecule has 1 atom stereocenters. The van der Waals surface area contributed by atoms with Crippen LogP contribution in [0, 0.1) is 0 Å². The summed E-state index contributed by atoms with van der Waals surface area (Å²) in [5, 5.41) is 3.46. The Morgan fingerprint density at radius 3 is 2.07 bits per heavy atom. The van der Waals surface area contributed by atoms with Gasteiger partial charge in [-0.1, -0.05) is 77.8 Å². The van der Waals surface area contributed by atoms with Crippen molar-refractivity contribution in [3.05, 3.63) is 118 Å². The van der Waals surface area contributed by atoms with Crippen molar-refractivity contribution in [2.45, 2.75) is 30.8 Å². The van der Waals surface area contributed by atoms with Gasteiger partial charge in [0.1, 0.15) is 12.6 Å². The third kappa shape index (κ3) is 8.31. The van der Waals surface area contributed by atoms with Crippen LogP contribution in [-0.4, -0.2) is 58.5 Å². The SMILES string of the molecule is CCNC(=O)C(Cc1ccccc1)N(Cc1ccc(Cl)c(Cl)c1)C(=O)CN(c1ccccc1)S(=O)(=O)c1ccc(OC)c(OC)c1. The summed E-state index contributed by atoms with van der Waals surface area (Å²) in [7, 11) is -1.48. The van der Waals surface area contributed by atoms with E-state index in [4.69, 9.17) is 32.7 Å². The van der Waals surface area contributed by atoms with E-state index in [1.807, 2.05) is 30.3 Å². The average molecular weight is 685 g/mol. The number of hydrogen-bond acceptors (Lipinski definition) is 6. The number of nitrogens with zero attached hydrogens (tertiary/aromatic N) is 2. The van der Waals surface area contributed by atoms with E-state index in [9.17, 15) is 18.0 Å². The van der Waals surface area contributed by atoms with Crippen molar-refractivity contribution in [2.75, 3.05) is 31.6 Å². The topological polar surface area (TPSA) is 105 Å². The number of methoxy groups -OCH3 is 2. The van der Waals surface area contributed by atoms with Gasteiger partial charge in [0.25, 0.3) is 10.0 Å². The number of nitrogens with one attached hydrogen (secondary N) is 1. The smallest absolute Gasteiger partial charge is 0.264 e. The molecule has 2 amide bonds. The minimum Gasteiger partial charge on any atom is -0.493 e. The van der Waals surface area contributed by atoms with E-state index in [1.165, 1.54) is 37.3 Å². The number of carbonyl (C=O) groups is 2. The Balaban J connectivity index is 1.81. The van der Waals surface area contributed by atoms with Gasteiger partial charge >= 0.3 is 0 Å². The van der Waals surface area contributed by atoms with E-state index in [2.05, 4.69) is 5.32 Å². The van der Waals surface area contributed by atoms with Gasteiger partial charge < -0.3 is 19.7 Å². The largest absolute Gasteiger partial charge is 0.493 e. The summed E-state index contributed by atoms with van der Waals surface area (Å²) >= 11 is 12.5. The van der Waals surface area contributed by atoms with E-state index >= 15 is 0 Å². The van der Waals surface area contributed by atoms with Crippen molar-refractivity contribution in [1.29, 1.82) is 0 Å². The second kappa shape index (κ2) is 15.8. The summed E-state index contributed by atoms with van der Waals surface area (Å²) < 4.78 is 40.1. The summed E-state index contributed by atoms with van der Waals surface area (Å²) in [5.74, 6) is -0.425. The van der Waals surface area contributed by atoms with Crippen molar-refractivity contribution in [3.63, 3.8) is 0 Å². The fourth-order valence-electron chi connectivity index (χ4n) is 4.91. The number of benzene rings is 4. The number of sulfonamides is 1. The highest BCUT2D eigenvalue weighted by atomic mass is 35.5. The Hall–Kier alpha value is -4.25. The van der Waals surface area contributed by atoms with E-state index in [-0.39, 0.29) is 40.2 Å². The van der Waals surface area contributed by atoms with Gasteiger partial charge in [-0.3, -0.25) is 13.9 Å². The molecule has 0 bridgehead atoms. The van der Waals surface area contributed by atoms with Crippen molar-refractivity contribution in [2.24, 2.45) is 0 Å². The highest BCUT2D eigenvalue weighted by molar-refractivity contribution is 7.92. The number of halogens is 2. The molecule has 0 radical (unpaired) electrons. The van der Waals surface area contributed by atoms with Gasteiger partial charge in [0.15, 0.2) is 11.5 Å². The monoisotopic (exact) mass is 683 g/mol. The third-order valence-electron chi connectivity index (χ3n) is 7.23. The molecule has 0 saturated heterocycles. The molecule has 4 aromatic carbocycles. The minimum absolute atomic E-state index is 0.0383. The summed E-state index contributed by atoms with van der Waals surface area (Å²) in [6.45, 7) is 1.48. The molecule has 0 fully saturated rings. The van der Waals surface area contributed by atoms with Crippen LogP contribution in [0.25, 0.3) is 0 Å². The molecule has 242 valence electrons. The first-order chi connectivity index (χ1) is 22.1. The lowest BCUT2D eigenvalue weighted by molar-refractivity contribution is -0.140. The molecule has 46 heavy (non-hydrogen) atoms. The molecule has 0 aliphatic carbocycles. The first-order valence-corrected chi connectivity index (χ1v) is 16.6. The fourth-order valence-corrected chi connectivity index (χ4v) is 6.66. The molecule has 0 spiro atoms.